The molecule has 0 aromatic heterocycles. The molecular weight excluding hydrogens is 298 g/mol. The van der Waals surface area contributed by atoms with E-state index in [0.717, 1.165) is 6.42 Å². The van der Waals surface area contributed by atoms with Gasteiger partial charge in [-0.1, -0.05) is 42.0 Å². The molecule has 2 aromatic carbocycles. The van der Waals surface area contributed by atoms with Crippen LogP contribution in [0.3, 0.4) is 0 Å². The number of ether oxygens (including phenoxy) is 1. The number of carbonyl (C=O) groups excluding carboxylic acids is 1. The highest BCUT2D eigenvalue weighted by atomic mass is 16.5. The lowest BCUT2D eigenvalue weighted by molar-refractivity contribution is 0.0600. The number of esters is 1. The molecule has 1 aliphatic carbocycles. The molecule has 2 aromatic rings. The van der Waals surface area contributed by atoms with Crippen molar-refractivity contribution in [3.8, 4) is 0 Å². The summed E-state index contributed by atoms with van der Waals surface area (Å²) >= 11 is 0. The van der Waals surface area contributed by atoms with E-state index in [1.54, 1.807) is 0 Å². The fraction of sp³-hybridized carbons (Fsp3) is 0.286. The number of fused-ring (bicyclic) bond motifs is 3. The van der Waals surface area contributed by atoms with Gasteiger partial charge in [0.05, 0.1) is 18.7 Å². The van der Waals surface area contributed by atoms with Crippen LogP contribution in [-0.4, -0.2) is 13.1 Å². The maximum Gasteiger partial charge on any atom is 0.337 e. The Morgan fingerprint density at radius 2 is 1.96 bits per heavy atom. The summed E-state index contributed by atoms with van der Waals surface area (Å²) in [6.45, 7) is 2.14. The van der Waals surface area contributed by atoms with Gasteiger partial charge in [0.15, 0.2) is 0 Å². The Labute approximate surface area is 142 Å². The predicted octanol–water partition coefficient (Wildman–Crippen LogP) is 4.61. The lowest BCUT2D eigenvalue weighted by Crippen LogP contribution is -2.29. The second-order valence-electron chi connectivity index (χ2n) is 6.68. The minimum atomic E-state index is -0.292. The number of aryl methyl sites for hydroxylation is 1. The number of hydrogen-bond donors (Lipinski definition) is 1. The van der Waals surface area contributed by atoms with E-state index in [1.165, 1.54) is 29.5 Å². The van der Waals surface area contributed by atoms with E-state index in [4.69, 9.17) is 4.74 Å². The Bertz CT molecular complexity index is 807. The number of carbonyl (C=O) groups is 1. The molecule has 0 spiro atoms. The molecule has 24 heavy (non-hydrogen) atoms. The standard InChI is InChI=1S/C21H21NO2/c1-13-6-11-19-18(12-13)16-4-3-5-17(16)20(22-19)14-7-9-15(10-8-14)21(23)24-2/h3-4,6-12,16-17,20,22H,5H2,1-2H3/t16-,17-,20+/m1/s1. The van der Waals surface area contributed by atoms with Crippen molar-refractivity contribution in [3.63, 3.8) is 0 Å². The van der Waals surface area contributed by atoms with E-state index in [0.29, 0.717) is 17.4 Å². The summed E-state index contributed by atoms with van der Waals surface area (Å²) in [5.41, 5.74) is 5.73. The van der Waals surface area contributed by atoms with Gasteiger partial charge in [-0.2, -0.15) is 0 Å². The molecule has 0 saturated heterocycles. The van der Waals surface area contributed by atoms with Crippen molar-refractivity contribution < 1.29 is 9.53 Å². The van der Waals surface area contributed by atoms with E-state index >= 15 is 0 Å². The molecule has 0 unspecified atom stereocenters. The zero-order valence-electron chi connectivity index (χ0n) is 14.0. The Kier molecular flexibility index (Phi) is 3.64. The number of anilines is 1. The molecule has 1 aliphatic heterocycles. The molecule has 0 radical (unpaired) electrons. The number of nitrogens with one attached hydrogen (secondary N) is 1. The number of allylic oxidation sites excluding steroid dienone is 2. The fourth-order valence-corrected chi connectivity index (χ4v) is 3.99. The Hall–Kier alpha value is -2.55. The number of hydrogen-bond acceptors (Lipinski definition) is 3. The van der Waals surface area contributed by atoms with Crippen molar-refractivity contribution in [1.82, 2.24) is 0 Å². The van der Waals surface area contributed by atoms with Gasteiger partial charge < -0.3 is 10.1 Å². The van der Waals surface area contributed by atoms with Crippen LogP contribution >= 0.6 is 0 Å². The molecule has 2 aliphatic rings. The molecule has 0 saturated carbocycles. The minimum Gasteiger partial charge on any atom is -0.465 e. The Morgan fingerprint density at radius 1 is 1.17 bits per heavy atom. The quantitative estimate of drug-likeness (QED) is 0.649. The molecule has 3 atom stereocenters. The minimum absolute atomic E-state index is 0.256. The summed E-state index contributed by atoms with van der Waals surface area (Å²) in [6, 6.07) is 14.7. The topological polar surface area (TPSA) is 38.3 Å². The van der Waals surface area contributed by atoms with Gasteiger partial charge in [-0.05, 0) is 48.6 Å². The number of rotatable bonds is 2. The van der Waals surface area contributed by atoms with Crippen LogP contribution in [0.4, 0.5) is 5.69 Å². The maximum absolute atomic E-state index is 11.6. The third-order valence-corrected chi connectivity index (χ3v) is 5.21. The molecule has 122 valence electrons. The first kappa shape index (κ1) is 15.0. The van der Waals surface area contributed by atoms with Crippen LogP contribution in [0.5, 0.6) is 0 Å². The van der Waals surface area contributed by atoms with Crippen LogP contribution in [0, 0.1) is 12.8 Å². The average Bonchev–Trinajstić information content (AvgIpc) is 3.11. The molecular formula is C21H21NO2. The highest BCUT2D eigenvalue weighted by Crippen LogP contribution is 2.49. The molecule has 0 bridgehead atoms. The fourth-order valence-electron chi connectivity index (χ4n) is 3.99. The van der Waals surface area contributed by atoms with Crippen molar-refractivity contribution in [2.45, 2.75) is 25.3 Å². The van der Waals surface area contributed by atoms with Crippen molar-refractivity contribution in [2.24, 2.45) is 5.92 Å². The zero-order chi connectivity index (χ0) is 16.7. The maximum atomic E-state index is 11.6. The smallest absolute Gasteiger partial charge is 0.337 e. The molecule has 1 N–H and O–H groups in total. The summed E-state index contributed by atoms with van der Waals surface area (Å²) in [5, 5.41) is 3.72. The molecule has 3 nitrogen and oxygen atoms in total. The van der Waals surface area contributed by atoms with Crippen molar-refractivity contribution in [2.75, 3.05) is 12.4 Å². The van der Waals surface area contributed by atoms with Crippen molar-refractivity contribution in [1.29, 1.82) is 0 Å². The van der Waals surface area contributed by atoms with Gasteiger partial charge in [0.2, 0.25) is 0 Å². The van der Waals surface area contributed by atoms with E-state index < -0.39 is 0 Å². The Morgan fingerprint density at radius 3 is 2.71 bits per heavy atom. The highest BCUT2D eigenvalue weighted by Gasteiger charge is 2.37. The first-order chi connectivity index (χ1) is 11.7. The summed E-state index contributed by atoms with van der Waals surface area (Å²) < 4.78 is 4.78. The van der Waals surface area contributed by atoms with Gasteiger partial charge >= 0.3 is 5.97 Å². The second-order valence-corrected chi connectivity index (χ2v) is 6.68. The first-order valence-corrected chi connectivity index (χ1v) is 8.39. The molecule has 4 rings (SSSR count). The van der Waals surface area contributed by atoms with E-state index in [2.05, 4.69) is 42.6 Å². The van der Waals surface area contributed by atoms with Gasteiger partial charge in [0.1, 0.15) is 0 Å². The number of benzene rings is 2. The molecule has 1 heterocycles. The third kappa shape index (κ3) is 2.41. The van der Waals surface area contributed by atoms with Gasteiger partial charge in [-0.25, -0.2) is 4.79 Å². The first-order valence-electron chi connectivity index (χ1n) is 8.39. The molecule has 3 heteroatoms. The van der Waals surface area contributed by atoms with Crippen LogP contribution in [0.15, 0.2) is 54.6 Å². The second kappa shape index (κ2) is 5.82. The summed E-state index contributed by atoms with van der Waals surface area (Å²) in [7, 11) is 1.41. The highest BCUT2D eigenvalue weighted by molar-refractivity contribution is 5.89. The van der Waals surface area contributed by atoms with Crippen molar-refractivity contribution in [3.05, 3.63) is 76.9 Å². The molecule has 0 amide bonds. The number of methoxy groups -OCH3 is 1. The normalized spacial score (nSPS) is 24.0. The van der Waals surface area contributed by atoms with Gasteiger partial charge in [-0.3, -0.25) is 0 Å². The van der Waals surface area contributed by atoms with Gasteiger partial charge in [-0.15, -0.1) is 0 Å². The largest absolute Gasteiger partial charge is 0.465 e. The summed E-state index contributed by atoms with van der Waals surface area (Å²) in [4.78, 5) is 11.6. The zero-order valence-corrected chi connectivity index (χ0v) is 14.0. The van der Waals surface area contributed by atoms with Gasteiger partial charge in [0.25, 0.3) is 0 Å². The lowest BCUT2D eigenvalue weighted by atomic mass is 9.76. The van der Waals surface area contributed by atoms with Crippen LogP contribution in [0.1, 0.15) is 45.4 Å². The van der Waals surface area contributed by atoms with E-state index in [1.807, 2.05) is 24.3 Å². The van der Waals surface area contributed by atoms with Crippen molar-refractivity contribution >= 4 is 11.7 Å². The van der Waals surface area contributed by atoms with Crippen LogP contribution < -0.4 is 5.32 Å². The lowest BCUT2D eigenvalue weighted by Gasteiger charge is -2.37. The summed E-state index contributed by atoms with van der Waals surface area (Å²) in [6.07, 6.45) is 5.72. The third-order valence-electron chi connectivity index (χ3n) is 5.21. The monoisotopic (exact) mass is 319 g/mol. The van der Waals surface area contributed by atoms with Crippen LogP contribution in [0.2, 0.25) is 0 Å². The van der Waals surface area contributed by atoms with Crippen LogP contribution in [0.25, 0.3) is 0 Å². The van der Waals surface area contributed by atoms with E-state index in [9.17, 15) is 4.79 Å². The average molecular weight is 319 g/mol. The van der Waals surface area contributed by atoms with Crippen LogP contribution in [-0.2, 0) is 4.74 Å². The van der Waals surface area contributed by atoms with Gasteiger partial charge in [0, 0.05) is 11.6 Å². The summed E-state index contributed by atoms with van der Waals surface area (Å²) in [5.74, 6) is 0.689. The molecule has 0 fully saturated rings. The SMILES string of the molecule is COC(=O)c1ccc([C@@H]2Nc3ccc(C)cc3[C@@H]3C=CC[C@H]32)cc1. The van der Waals surface area contributed by atoms with E-state index in [-0.39, 0.29) is 12.0 Å². The predicted molar refractivity (Wildman–Crippen MR) is 95.3 cm³/mol. The Balaban J connectivity index is 1.69.